The van der Waals surface area contributed by atoms with Crippen LogP contribution in [0.25, 0.3) is 22.8 Å². The molecule has 0 aliphatic heterocycles. The lowest BCUT2D eigenvalue weighted by Gasteiger charge is -2.18. The third-order valence-corrected chi connectivity index (χ3v) is 6.78. The van der Waals surface area contributed by atoms with Crippen LogP contribution in [-0.4, -0.2) is 45.2 Å². The minimum atomic E-state index is -0.368. The first-order valence-electron chi connectivity index (χ1n) is 12.2. The van der Waals surface area contributed by atoms with E-state index in [0.717, 1.165) is 22.5 Å². The number of amides is 1. The second kappa shape index (κ2) is 13.2. The van der Waals surface area contributed by atoms with Crippen molar-refractivity contribution in [2.24, 2.45) is 0 Å². The van der Waals surface area contributed by atoms with Crippen molar-refractivity contribution in [1.82, 2.24) is 14.9 Å². The first-order valence-corrected chi connectivity index (χ1v) is 13.6. The molecule has 4 rings (SSSR count). The Morgan fingerprint density at radius 2 is 1.79 bits per heavy atom. The van der Waals surface area contributed by atoms with Gasteiger partial charge in [0.25, 0.3) is 5.91 Å². The number of hydrogen-bond acceptors (Lipinski definition) is 4. The van der Waals surface area contributed by atoms with E-state index in [4.69, 9.17) is 0 Å². The molecule has 1 aromatic heterocycles. The number of aliphatic hydroxyl groups excluding tert-OH is 1. The fourth-order valence-corrected chi connectivity index (χ4v) is 4.63. The maximum absolute atomic E-state index is 13.7. The van der Waals surface area contributed by atoms with E-state index in [1.807, 2.05) is 35.2 Å². The number of thioether (sulfide) groups is 1. The van der Waals surface area contributed by atoms with E-state index in [0.29, 0.717) is 29.7 Å². The number of nitrogens with one attached hydrogen (secondary N) is 1. The number of aromatic nitrogens is 2. The number of nitrogens with zero attached hydrogens (tertiary/aromatic N) is 2. The van der Waals surface area contributed by atoms with E-state index >= 15 is 0 Å². The number of carbonyl (C=O) groups excluding carboxylic acids is 1. The van der Waals surface area contributed by atoms with Crippen LogP contribution in [0.1, 0.15) is 27.9 Å². The van der Waals surface area contributed by atoms with Crippen molar-refractivity contribution in [2.45, 2.75) is 19.0 Å². The monoisotopic (exact) mass is 533 g/mol. The molecule has 0 spiro atoms. The lowest BCUT2D eigenvalue weighted by Crippen LogP contribution is -2.38. The molecular weight excluding hydrogens is 504 g/mol. The Kier molecular flexibility index (Phi) is 9.46. The molecule has 0 unspecified atom stereocenters. The Balaban J connectivity index is 1.75. The summed E-state index contributed by atoms with van der Waals surface area (Å²) in [7, 11) is 0. The molecule has 0 saturated heterocycles. The quantitative estimate of drug-likeness (QED) is 0.235. The summed E-state index contributed by atoms with van der Waals surface area (Å²) in [5, 5.41) is 12.7. The number of imidazole rings is 1. The molecular formula is C30H29F2N3O2S. The van der Waals surface area contributed by atoms with Gasteiger partial charge in [-0.05, 0) is 88.7 Å². The van der Waals surface area contributed by atoms with Gasteiger partial charge in [-0.3, -0.25) is 4.79 Å². The molecule has 1 amide bonds. The van der Waals surface area contributed by atoms with Crippen molar-refractivity contribution >= 4 is 29.3 Å². The minimum Gasteiger partial charge on any atom is -0.394 e. The van der Waals surface area contributed by atoms with Crippen molar-refractivity contribution in [3.63, 3.8) is 0 Å². The molecule has 0 radical (unpaired) electrons. The third kappa shape index (κ3) is 7.18. The molecule has 0 bridgehead atoms. The van der Waals surface area contributed by atoms with E-state index in [1.54, 1.807) is 54.6 Å². The number of carbonyl (C=O) groups is 1. The maximum Gasteiger partial charge on any atom is 0.252 e. The van der Waals surface area contributed by atoms with E-state index in [9.17, 15) is 18.7 Å². The molecule has 0 saturated carbocycles. The molecule has 4 aromatic rings. The van der Waals surface area contributed by atoms with Crippen molar-refractivity contribution in [3.8, 4) is 11.1 Å². The van der Waals surface area contributed by atoms with Crippen molar-refractivity contribution < 1.29 is 18.7 Å². The van der Waals surface area contributed by atoms with Crippen LogP contribution in [0.4, 0.5) is 8.78 Å². The molecule has 0 aliphatic rings. The number of hydrogen-bond donors (Lipinski definition) is 2. The largest absolute Gasteiger partial charge is 0.394 e. The smallest absolute Gasteiger partial charge is 0.252 e. The summed E-state index contributed by atoms with van der Waals surface area (Å²) in [6.07, 6.45) is 9.86. The summed E-state index contributed by atoms with van der Waals surface area (Å²) >= 11 is 1.65. The number of halogens is 2. The van der Waals surface area contributed by atoms with Crippen LogP contribution < -0.4 is 5.32 Å². The molecule has 1 atom stereocenters. The van der Waals surface area contributed by atoms with E-state index in [1.165, 1.54) is 24.3 Å². The molecule has 0 aliphatic carbocycles. The van der Waals surface area contributed by atoms with Crippen LogP contribution in [0.2, 0.25) is 0 Å². The zero-order valence-corrected chi connectivity index (χ0v) is 21.8. The predicted octanol–water partition coefficient (Wildman–Crippen LogP) is 5.91. The second-order valence-electron chi connectivity index (χ2n) is 8.86. The summed E-state index contributed by atoms with van der Waals surface area (Å²) in [6.45, 7) is 0.349. The molecule has 1 heterocycles. The van der Waals surface area contributed by atoms with Gasteiger partial charge in [-0.2, -0.15) is 11.8 Å². The van der Waals surface area contributed by atoms with Gasteiger partial charge in [0, 0.05) is 24.5 Å². The number of allylic oxidation sites excluding steroid dienone is 1. The molecule has 8 heteroatoms. The Morgan fingerprint density at radius 3 is 2.42 bits per heavy atom. The van der Waals surface area contributed by atoms with Gasteiger partial charge >= 0.3 is 0 Å². The highest BCUT2D eigenvalue weighted by Crippen LogP contribution is 2.29. The molecule has 0 fully saturated rings. The second-order valence-corrected chi connectivity index (χ2v) is 9.84. The van der Waals surface area contributed by atoms with Crippen molar-refractivity contribution in [2.75, 3.05) is 18.6 Å². The average Bonchev–Trinajstić information content (AvgIpc) is 3.44. The fourth-order valence-electron chi connectivity index (χ4n) is 4.11. The molecule has 196 valence electrons. The van der Waals surface area contributed by atoms with Crippen LogP contribution in [0.5, 0.6) is 0 Å². The van der Waals surface area contributed by atoms with Gasteiger partial charge in [0.05, 0.1) is 19.0 Å². The molecule has 2 N–H and O–H groups in total. The molecule has 38 heavy (non-hydrogen) atoms. The van der Waals surface area contributed by atoms with Crippen LogP contribution in [0.3, 0.4) is 0 Å². The van der Waals surface area contributed by atoms with E-state index in [-0.39, 0.29) is 30.2 Å². The average molecular weight is 534 g/mol. The zero-order valence-electron chi connectivity index (χ0n) is 21.0. The van der Waals surface area contributed by atoms with Gasteiger partial charge in [0.15, 0.2) is 0 Å². The van der Waals surface area contributed by atoms with Gasteiger partial charge in [0.2, 0.25) is 0 Å². The normalized spacial score (nSPS) is 12.4. The molecule has 3 aromatic carbocycles. The van der Waals surface area contributed by atoms with E-state index in [2.05, 4.69) is 10.3 Å². The van der Waals surface area contributed by atoms with Crippen molar-refractivity contribution in [3.05, 3.63) is 114 Å². The Morgan fingerprint density at radius 1 is 1.08 bits per heavy atom. The van der Waals surface area contributed by atoms with Crippen molar-refractivity contribution in [1.29, 1.82) is 0 Å². The third-order valence-electron chi connectivity index (χ3n) is 6.14. The van der Waals surface area contributed by atoms with Gasteiger partial charge < -0.3 is 15.0 Å². The summed E-state index contributed by atoms with van der Waals surface area (Å²) in [4.78, 5) is 17.4. The summed E-state index contributed by atoms with van der Waals surface area (Å²) in [6, 6.07) is 17.4. The SMILES string of the molecule is CSCC[C@@H](CO)NC(=O)c1ccc(/C=C(/Cn2ccnc2)c2ccc(F)cc2)cc1-c1ccc(F)cc1. The first-order chi connectivity index (χ1) is 18.5. The highest BCUT2D eigenvalue weighted by Gasteiger charge is 2.18. The Labute approximate surface area is 225 Å². The maximum atomic E-state index is 13.7. The number of benzene rings is 3. The van der Waals surface area contributed by atoms with Crippen LogP contribution in [-0.2, 0) is 6.54 Å². The predicted molar refractivity (Wildman–Crippen MR) is 150 cm³/mol. The first kappa shape index (κ1) is 27.3. The minimum absolute atomic E-state index is 0.158. The van der Waals surface area contributed by atoms with Gasteiger partial charge in [-0.15, -0.1) is 0 Å². The van der Waals surface area contributed by atoms with Crippen LogP contribution in [0.15, 0.2) is 85.5 Å². The Hall–Kier alpha value is -3.75. The van der Waals surface area contributed by atoms with Gasteiger partial charge in [-0.1, -0.05) is 30.3 Å². The lowest BCUT2D eigenvalue weighted by molar-refractivity contribution is 0.0916. The standard InChI is InChI=1S/C30H29F2N3O2S/c1-38-15-12-27(19-36)34-30(37)28-11-2-21(17-29(28)23-5-9-26(32)10-6-23)16-24(18-35-14-13-33-20-35)22-3-7-25(31)8-4-22/h2-11,13-14,16-17,20,27,36H,12,15,18-19H2,1H3,(H,34,37)/b24-16-/t27-/m0/s1. The van der Waals surface area contributed by atoms with E-state index < -0.39 is 0 Å². The highest BCUT2D eigenvalue weighted by molar-refractivity contribution is 7.98. The summed E-state index contributed by atoms with van der Waals surface area (Å²) in [5.41, 5.74) is 4.34. The van der Waals surface area contributed by atoms with Gasteiger partial charge in [-0.25, -0.2) is 13.8 Å². The Bertz CT molecular complexity index is 1370. The summed E-state index contributed by atoms with van der Waals surface area (Å²) in [5.74, 6) is -0.184. The van der Waals surface area contributed by atoms with Crippen LogP contribution >= 0.6 is 11.8 Å². The topological polar surface area (TPSA) is 67.2 Å². The molecule has 5 nitrogen and oxygen atoms in total. The van der Waals surface area contributed by atoms with Crippen LogP contribution in [0, 0.1) is 11.6 Å². The fraction of sp³-hybridized carbons (Fsp3) is 0.200. The lowest BCUT2D eigenvalue weighted by atomic mass is 9.94. The number of rotatable bonds is 11. The summed E-state index contributed by atoms with van der Waals surface area (Å²) < 4.78 is 29.2. The van der Waals surface area contributed by atoms with Gasteiger partial charge in [0.1, 0.15) is 11.6 Å². The number of aliphatic hydroxyl groups is 1. The highest BCUT2D eigenvalue weighted by atomic mass is 32.2. The zero-order chi connectivity index (χ0) is 26.9.